The predicted molar refractivity (Wildman–Crippen MR) is 126 cm³/mol. The van der Waals surface area contributed by atoms with E-state index in [-0.39, 0.29) is 17.7 Å². The van der Waals surface area contributed by atoms with Crippen molar-refractivity contribution >= 4 is 35.5 Å². The fourth-order valence-corrected chi connectivity index (χ4v) is 4.21. The normalized spacial score (nSPS) is 19.8. The fourth-order valence-electron chi connectivity index (χ4n) is 3.74. The first-order chi connectivity index (χ1) is 15.0. The number of hydrogen-bond donors (Lipinski definition) is 4. The summed E-state index contributed by atoms with van der Waals surface area (Å²) in [5.74, 6) is -1.54. The molecule has 5 unspecified atom stereocenters. The zero-order valence-corrected chi connectivity index (χ0v) is 20.7. The van der Waals surface area contributed by atoms with E-state index >= 15 is 0 Å². The van der Waals surface area contributed by atoms with Crippen LogP contribution in [0, 0.1) is 11.8 Å². The summed E-state index contributed by atoms with van der Waals surface area (Å²) >= 11 is 1.55. The molecule has 0 aromatic carbocycles. The van der Waals surface area contributed by atoms with Gasteiger partial charge in [0.15, 0.2) is 0 Å². The lowest BCUT2D eigenvalue weighted by molar-refractivity contribution is -0.149. The van der Waals surface area contributed by atoms with E-state index in [1.54, 1.807) is 11.8 Å². The van der Waals surface area contributed by atoms with Crippen molar-refractivity contribution in [3.05, 3.63) is 0 Å². The van der Waals surface area contributed by atoms with Crippen LogP contribution in [0.1, 0.15) is 59.8 Å². The number of rotatable bonds is 13. The molecule has 1 aliphatic heterocycles. The Morgan fingerprint density at radius 1 is 1.12 bits per heavy atom. The SMILES string of the molecule is CCC(C)C(N)C(=O)NC(CCSC)C(=O)NC(CC(C)C)C(=O)N1CCCC1C(=O)O. The van der Waals surface area contributed by atoms with Crippen LogP contribution >= 0.6 is 11.8 Å². The van der Waals surface area contributed by atoms with Gasteiger partial charge in [0.1, 0.15) is 18.1 Å². The van der Waals surface area contributed by atoms with Crippen LogP contribution < -0.4 is 16.4 Å². The Labute approximate surface area is 195 Å². The molecule has 32 heavy (non-hydrogen) atoms. The van der Waals surface area contributed by atoms with Gasteiger partial charge in [-0.25, -0.2) is 4.79 Å². The van der Waals surface area contributed by atoms with E-state index in [0.717, 1.165) is 6.42 Å². The van der Waals surface area contributed by atoms with Gasteiger partial charge in [-0.1, -0.05) is 34.1 Å². The van der Waals surface area contributed by atoms with Crippen molar-refractivity contribution in [1.29, 1.82) is 0 Å². The Morgan fingerprint density at radius 2 is 1.75 bits per heavy atom. The number of nitrogens with zero attached hydrogens (tertiary/aromatic N) is 1. The van der Waals surface area contributed by atoms with Gasteiger partial charge in [-0.3, -0.25) is 14.4 Å². The Balaban J connectivity index is 2.98. The Bertz CT molecular complexity index is 660. The number of carboxylic acid groups (broad SMARTS) is 1. The van der Waals surface area contributed by atoms with Gasteiger partial charge in [-0.15, -0.1) is 0 Å². The van der Waals surface area contributed by atoms with Crippen molar-refractivity contribution in [2.75, 3.05) is 18.6 Å². The van der Waals surface area contributed by atoms with Crippen molar-refractivity contribution in [3.63, 3.8) is 0 Å². The second kappa shape index (κ2) is 13.7. The van der Waals surface area contributed by atoms with Crippen LogP contribution in [0.15, 0.2) is 0 Å². The molecule has 184 valence electrons. The van der Waals surface area contributed by atoms with Gasteiger partial charge in [0.25, 0.3) is 0 Å². The Hall–Kier alpha value is -1.81. The summed E-state index contributed by atoms with van der Waals surface area (Å²) in [6, 6.07) is -3.26. The van der Waals surface area contributed by atoms with Crippen molar-refractivity contribution < 1.29 is 24.3 Å². The Morgan fingerprint density at radius 3 is 2.28 bits per heavy atom. The molecule has 0 saturated carbocycles. The van der Waals surface area contributed by atoms with E-state index in [2.05, 4.69) is 10.6 Å². The molecule has 5 N–H and O–H groups in total. The highest BCUT2D eigenvalue weighted by molar-refractivity contribution is 7.98. The van der Waals surface area contributed by atoms with Crippen molar-refractivity contribution in [2.45, 2.75) is 84.0 Å². The molecule has 3 amide bonds. The van der Waals surface area contributed by atoms with Gasteiger partial charge in [-0.05, 0) is 49.5 Å². The van der Waals surface area contributed by atoms with E-state index in [9.17, 15) is 24.3 Å². The monoisotopic (exact) mass is 472 g/mol. The number of carbonyl (C=O) groups excluding carboxylic acids is 3. The molecule has 0 bridgehead atoms. The van der Waals surface area contributed by atoms with Gasteiger partial charge >= 0.3 is 5.97 Å². The van der Waals surface area contributed by atoms with Crippen molar-refractivity contribution in [1.82, 2.24) is 15.5 Å². The summed E-state index contributed by atoms with van der Waals surface area (Å²) in [6.45, 7) is 8.05. The number of thioether (sulfide) groups is 1. The van der Waals surface area contributed by atoms with E-state index in [1.807, 2.05) is 34.0 Å². The fraction of sp³-hybridized carbons (Fsp3) is 0.818. The largest absolute Gasteiger partial charge is 0.480 e. The molecule has 10 heteroatoms. The summed E-state index contributed by atoms with van der Waals surface area (Å²) in [5, 5.41) is 15.0. The zero-order valence-electron chi connectivity index (χ0n) is 19.9. The first-order valence-electron chi connectivity index (χ1n) is 11.4. The number of amides is 3. The first-order valence-corrected chi connectivity index (χ1v) is 12.8. The van der Waals surface area contributed by atoms with Gasteiger partial charge in [-0.2, -0.15) is 11.8 Å². The third-order valence-electron chi connectivity index (χ3n) is 5.95. The van der Waals surface area contributed by atoms with E-state index in [1.165, 1.54) is 4.90 Å². The van der Waals surface area contributed by atoms with Gasteiger partial charge in [0.2, 0.25) is 17.7 Å². The third-order valence-corrected chi connectivity index (χ3v) is 6.59. The van der Waals surface area contributed by atoms with Crippen LogP contribution in [-0.2, 0) is 19.2 Å². The maximum absolute atomic E-state index is 13.2. The molecular weight excluding hydrogens is 432 g/mol. The van der Waals surface area contributed by atoms with E-state index < -0.39 is 42.0 Å². The summed E-state index contributed by atoms with van der Waals surface area (Å²) in [7, 11) is 0. The lowest BCUT2D eigenvalue weighted by Gasteiger charge is -2.30. The Kier molecular flexibility index (Phi) is 12.1. The summed E-state index contributed by atoms with van der Waals surface area (Å²) in [4.78, 5) is 51.7. The highest BCUT2D eigenvalue weighted by Crippen LogP contribution is 2.20. The molecule has 5 atom stereocenters. The quantitative estimate of drug-likeness (QED) is 0.315. The molecule has 1 saturated heterocycles. The standard InChI is InChI=1S/C22H40N4O5S/c1-6-14(4)18(23)20(28)24-15(9-11-32-5)19(27)25-16(12-13(2)3)21(29)26-10-7-8-17(26)22(30)31/h13-18H,6-12,23H2,1-5H3,(H,24,28)(H,25,27)(H,30,31). The molecule has 0 aromatic heterocycles. The predicted octanol–water partition coefficient (Wildman–Crippen LogP) is 1.20. The lowest BCUT2D eigenvalue weighted by Crippen LogP contribution is -2.58. The second-order valence-electron chi connectivity index (χ2n) is 8.97. The number of aliphatic carboxylic acids is 1. The molecule has 9 nitrogen and oxygen atoms in total. The summed E-state index contributed by atoms with van der Waals surface area (Å²) < 4.78 is 0. The van der Waals surface area contributed by atoms with Gasteiger partial charge in [0, 0.05) is 6.54 Å². The third kappa shape index (κ3) is 8.27. The average Bonchev–Trinajstić information content (AvgIpc) is 3.24. The van der Waals surface area contributed by atoms with Crippen molar-refractivity contribution in [2.24, 2.45) is 17.6 Å². The zero-order chi connectivity index (χ0) is 24.4. The van der Waals surface area contributed by atoms with Gasteiger partial charge in [0.05, 0.1) is 6.04 Å². The number of nitrogens with two attached hydrogens (primary N) is 1. The minimum atomic E-state index is -1.03. The maximum Gasteiger partial charge on any atom is 0.326 e. The molecule has 0 aromatic rings. The first kappa shape index (κ1) is 28.2. The molecular formula is C22H40N4O5S. The number of nitrogens with one attached hydrogen (secondary N) is 2. The van der Waals surface area contributed by atoms with Crippen molar-refractivity contribution in [3.8, 4) is 0 Å². The number of carboxylic acids is 1. The van der Waals surface area contributed by atoms with Gasteiger partial charge < -0.3 is 26.4 Å². The van der Waals surface area contributed by atoms with Crippen LogP contribution in [0.2, 0.25) is 0 Å². The maximum atomic E-state index is 13.2. The van der Waals surface area contributed by atoms with Crippen LogP contribution in [-0.4, -0.2) is 76.4 Å². The molecule has 0 spiro atoms. The topological polar surface area (TPSA) is 142 Å². The summed E-state index contributed by atoms with van der Waals surface area (Å²) in [5.41, 5.74) is 6.02. The highest BCUT2D eigenvalue weighted by Gasteiger charge is 2.38. The van der Waals surface area contributed by atoms with Crippen LogP contribution in [0.4, 0.5) is 0 Å². The molecule has 1 rings (SSSR count). The number of hydrogen-bond acceptors (Lipinski definition) is 6. The number of carbonyl (C=O) groups is 4. The van der Waals surface area contributed by atoms with E-state index in [0.29, 0.717) is 38.0 Å². The summed E-state index contributed by atoms with van der Waals surface area (Å²) in [6.07, 6.45) is 4.45. The molecule has 0 radical (unpaired) electrons. The smallest absolute Gasteiger partial charge is 0.326 e. The molecule has 0 aliphatic carbocycles. The second-order valence-corrected chi connectivity index (χ2v) is 9.96. The van der Waals surface area contributed by atoms with Crippen LogP contribution in [0.3, 0.4) is 0 Å². The minimum absolute atomic E-state index is 0.0300. The minimum Gasteiger partial charge on any atom is -0.480 e. The van der Waals surface area contributed by atoms with Crippen LogP contribution in [0.25, 0.3) is 0 Å². The average molecular weight is 473 g/mol. The van der Waals surface area contributed by atoms with Crippen LogP contribution in [0.5, 0.6) is 0 Å². The molecule has 1 fully saturated rings. The number of likely N-dealkylation sites (tertiary alicyclic amines) is 1. The molecule has 1 heterocycles. The molecule has 1 aliphatic rings. The van der Waals surface area contributed by atoms with E-state index in [4.69, 9.17) is 5.73 Å². The highest BCUT2D eigenvalue weighted by atomic mass is 32.2. The lowest BCUT2D eigenvalue weighted by atomic mass is 9.98.